The Labute approximate surface area is 118 Å². The molecule has 4 nitrogen and oxygen atoms in total. The molecule has 5 heteroatoms. The smallest absolute Gasteiger partial charge is 0.287 e. The number of aromatic nitrogens is 2. The Kier molecular flexibility index (Phi) is 4.64. The lowest BCUT2D eigenvalue weighted by molar-refractivity contribution is 0.481. The SMILES string of the molecule is C=CCn1ncc(NC(C)C2CCCC2)c(Cl)c1=O. The van der Waals surface area contributed by atoms with Crippen LogP contribution in [0.25, 0.3) is 0 Å². The van der Waals surface area contributed by atoms with E-state index in [9.17, 15) is 4.79 Å². The molecule has 0 saturated heterocycles. The van der Waals surface area contributed by atoms with Gasteiger partial charge in [-0.1, -0.05) is 30.5 Å². The first-order valence-electron chi connectivity index (χ1n) is 6.76. The highest BCUT2D eigenvalue weighted by Gasteiger charge is 2.22. The minimum absolute atomic E-state index is 0.210. The summed E-state index contributed by atoms with van der Waals surface area (Å²) >= 11 is 6.11. The zero-order valence-electron chi connectivity index (χ0n) is 11.2. The molecule has 1 fully saturated rings. The highest BCUT2D eigenvalue weighted by molar-refractivity contribution is 6.32. The van der Waals surface area contributed by atoms with Crippen molar-refractivity contribution >= 4 is 17.3 Å². The number of hydrogen-bond donors (Lipinski definition) is 1. The molecule has 1 atom stereocenters. The van der Waals surface area contributed by atoms with E-state index in [0.29, 0.717) is 24.2 Å². The van der Waals surface area contributed by atoms with Crippen molar-refractivity contribution in [2.24, 2.45) is 5.92 Å². The Morgan fingerprint density at radius 3 is 2.95 bits per heavy atom. The predicted octanol–water partition coefficient (Wildman–Crippen LogP) is 3.07. The zero-order chi connectivity index (χ0) is 13.8. The third-order valence-corrected chi connectivity index (χ3v) is 4.14. The van der Waals surface area contributed by atoms with Crippen LogP contribution in [0.3, 0.4) is 0 Å². The molecule has 1 aliphatic rings. The molecule has 1 unspecified atom stereocenters. The third kappa shape index (κ3) is 3.18. The van der Waals surface area contributed by atoms with E-state index in [4.69, 9.17) is 11.6 Å². The largest absolute Gasteiger partial charge is 0.380 e. The predicted molar refractivity (Wildman–Crippen MR) is 78.7 cm³/mol. The normalized spacial score (nSPS) is 17.4. The maximum atomic E-state index is 12.0. The molecule has 1 N–H and O–H groups in total. The summed E-state index contributed by atoms with van der Waals surface area (Å²) in [7, 11) is 0. The second kappa shape index (κ2) is 6.24. The van der Waals surface area contributed by atoms with Crippen molar-refractivity contribution in [3.63, 3.8) is 0 Å². The van der Waals surface area contributed by atoms with Crippen LogP contribution in [0, 0.1) is 5.92 Å². The summed E-state index contributed by atoms with van der Waals surface area (Å²) < 4.78 is 1.31. The van der Waals surface area contributed by atoms with Crippen molar-refractivity contribution in [3.8, 4) is 0 Å². The van der Waals surface area contributed by atoms with Gasteiger partial charge in [0, 0.05) is 6.04 Å². The molecule has 1 aliphatic carbocycles. The van der Waals surface area contributed by atoms with Crippen molar-refractivity contribution in [1.82, 2.24) is 9.78 Å². The minimum Gasteiger partial charge on any atom is -0.380 e. The van der Waals surface area contributed by atoms with Gasteiger partial charge in [0.2, 0.25) is 0 Å². The number of allylic oxidation sites excluding steroid dienone is 1. The molecule has 19 heavy (non-hydrogen) atoms. The van der Waals surface area contributed by atoms with Crippen LogP contribution in [-0.2, 0) is 6.54 Å². The van der Waals surface area contributed by atoms with E-state index in [0.717, 1.165) is 0 Å². The Balaban J connectivity index is 2.14. The fourth-order valence-corrected chi connectivity index (χ4v) is 2.84. The molecule has 0 radical (unpaired) electrons. The number of anilines is 1. The maximum Gasteiger partial charge on any atom is 0.287 e. The fraction of sp³-hybridized carbons (Fsp3) is 0.571. The first kappa shape index (κ1) is 14.1. The third-order valence-electron chi connectivity index (χ3n) is 3.78. The number of nitrogens with zero attached hydrogens (tertiary/aromatic N) is 2. The van der Waals surface area contributed by atoms with Crippen molar-refractivity contribution in [1.29, 1.82) is 0 Å². The molecule has 1 aromatic rings. The second-order valence-corrected chi connectivity index (χ2v) is 5.50. The lowest BCUT2D eigenvalue weighted by Gasteiger charge is -2.22. The summed E-state index contributed by atoms with van der Waals surface area (Å²) in [5.41, 5.74) is 0.358. The quantitative estimate of drug-likeness (QED) is 0.844. The van der Waals surface area contributed by atoms with Crippen LogP contribution in [0.1, 0.15) is 32.6 Å². The van der Waals surface area contributed by atoms with Gasteiger partial charge in [-0.2, -0.15) is 5.10 Å². The highest BCUT2D eigenvalue weighted by atomic mass is 35.5. The molecular weight excluding hydrogens is 262 g/mol. The summed E-state index contributed by atoms with van der Waals surface area (Å²) in [5, 5.41) is 7.63. The zero-order valence-corrected chi connectivity index (χ0v) is 12.0. The summed E-state index contributed by atoms with van der Waals surface area (Å²) in [6.07, 6.45) is 8.32. The van der Waals surface area contributed by atoms with Crippen LogP contribution in [0.2, 0.25) is 5.02 Å². The van der Waals surface area contributed by atoms with E-state index in [-0.39, 0.29) is 10.6 Å². The van der Waals surface area contributed by atoms with E-state index < -0.39 is 0 Å². The van der Waals surface area contributed by atoms with Crippen molar-refractivity contribution in [3.05, 3.63) is 34.2 Å². The van der Waals surface area contributed by atoms with Gasteiger partial charge in [-0.3, -0.25) is 4.79 Å². The molecule has 1 aromatic heterocycles. The molecule has 0 amide bonds. The molecule has 0 bridgehead atoms. The van der Waals surface area contributed by atoms with Gasteiger partial charge in [-0.25, -0.2) is 4.68 Å². The Hall–Kier alpha value is -1.29. The second-order valence-electron chi connectivity index (χ2n) is 5.13. The molecule has 2 rings (SSSR count). The molecule has 104 valence electrons. The van der Waals surface area contributed by atoms with Crippen LogP contribution in [0.5, 0.6) is 0 Å². The van der Waals surface area contributed by atoms with E-state index in [1.807, 2.05) is 0 Å². The lowest BCUT2D eigenvalue weighted by Crippen LogP contribution is -2.28. The highest BCUT2D eigenvalue weighted by Crippen LogP contribution is 2.29. The van der Waals surface area contributed by atoms with Gasteiger partial charge in [-0.15, -0.1) is 6.58 Å². The van der Waals surface area contributed by atoms with E-state index >= 15 is 0 Å². The molecule has 0 aliphatic heterocycles. The molecule has 0 aromatic carbocycles. The fourth-order valence-electron chi connectivity index (χ4n) is 2.64. The van der Waals surface area contributed by atoms with Crippen LogP contribution in [0.4, 0.5) is 5.69 Å². The van der Waals surface area contributed by atoms with Crippen molar-refractivity contribution in [2.75, 3.05) is 5.32 Å². The van der Waals surface area contributed by atoms with E-state index in [1.165, 1.54) is 30.4 Å². The maximum absolute atomic E-state index is 12.0. The molecular formula is C14H20ClN3O. The Bertz CT molecular complexity index is 506. The summed E-state index contributed by atoms with van der Waals surface area (Å²) in [5.74, 6) is 0.659. The topological polar surface area (TPSA) is 46.9 Å². The van der Waals surface area contributed by atoms with Crippen LogP contribution in [0.15, 0.2) is 23.6 Å². The lowest BCUT2D eigenvalue weighted by atomic mass is 10.00. The Morgan fingerprint density at radius 1 is 1.63 bits per heavy atom. The monoisotopic (exact) mass is 281 g/mol. The average Bonchev–Trinajstić information content (AvgIpc) is 2.92. The number of nitrogens with one attached hydrogen (secondary N) is 1. The van der Waals surface area contributed by atoms with Crippen molar-refractivity contribution < 1.29 is 0 Å². The van der Waals surface area contributed by atoms with Gasteiger partial charge >= 0.3 is 0 Å². The van der Waals surface area contributed by atoms with Gasteiger partial charge in [-0.05, 0) is 25.7 Å². The molecule has 1 saturated carbocycles. The van der Waals surface area contributed by atoms with Crippen molar-refractivity contribution in [2.45, 2.75) is 45.2 Å². The van der Waals surface area contributed by atoms with E-state index in [1.54, 1.807) is 12.3 Å². The van der Waals surface area contributed by atoms with Crippen LogP contribution < -0.4 is 10.9 Å². The van der Waals surface area contributed by atoms with Crippen LogP contribution >= 0.6 is 11.6 Å². The molecule has 1 heterocycles. The minimum atomic E-state index is -0.273. The number of hydrogen-bond acceptors (Lipinski definition) is 3. The van der Waals surface area contributed by atoms with Gasteiger partial charge in [0.05, 0.1) is 18.4 Å². The van der Waals surface area contributed by atoms with Gasteiger partial charge in [0.15, 0.2) is 0 Å². The summed E-state index contributed by atoms with van der Waals surface area (Å²) in [6, 6.07) is 0.316. The Morgan fingerprint density at radius 2 is 2.32 bits per heavy atom. The van der Waals surface area contributed by atoms with E-state index in [2.05, 4.69) is 23.9 Å². The first-order chi connectivity index (χ1) is 9.13. The van der Waals surface area contributed by atoms with Gasteiger partial charge in [0.25, 0.3) is 5.56 Å². The number of halogens is 1. The summed E-state index contributed by atoms with van der Waals surface area (Å²) in [4.78, 5) is 12.0. The molecule has 0 spiro atoms. The van der Waals surface area contributed by atoms with Gasteiger partial charge in [0.1, 0.15) is 5.02 Å². The summed E-state index contributed by atoms with van der Waals surface area (Å²) in [6.45, 7) is 6.10. The number of rotatable bonds is 5. The van der Waals surface area contributed by atoms with Gasteiger partial charge < -0.3 is 5.32 Å². The standard InChI is InChI=1S/C14H20ClN3O/c1-3-8-18-14(19)13(15)12(9-16-18)17-10(2)11-6-4-5-7-11/h3,9-11,17H,1,4-8H2,2H3. The first-order valence-corrected chi connectivity index (χ1v) is 7.14. The average molecular weight is 282 g/mol. The van der Waals surface area contributed by atoms with Crippen LogP contribution in [-0.4, -0.2) is 15.8 Å².